The zero-order valence-corrected chi connectivity index (χ0v) is 18.5. The lowest BCUT2D eigenvalue weighted by Crippen LogP contribution is -2.27. The van der Waals surface area contributed by atoms with Gasteiger partial charge in [-0.1, -0.05) is 36.7 Å². The predicted molar refractivity (Wildman–Crippen MR) is 118 cm³/mol. The van der Waals surface area contributed by atoms with Gasteiger partial charge in [-0.2, -0.15) is 0 Å². The van der Waals surface area contributed by atoms with Crippen molar-refractivity contribution in [1.29, 1.82) is 0 Å². The minimum Gasteiger partial charge on any atom is -0.493 e. The van der Waals surface area contributed by atoms with E-state index in [2.05, 4.69) is 12.2 Å². The Balaban J connectivity index is 1.97. The Morgan fingerprint density at radius 2 is 1.93 bits per heavy atom. The number of sulfonamides is 1. The maximum atomic E-state index is 12.5. The van der Waals surface area contributed by atoms with Gasteiger partial charge in [0, 0.05) is 13.6 Å². The Morgan fingerprint density at radius 3 is 2.62 bits per heavy atom. The molecule has 0 radical (unpaired) electrons. The summed E-state index contributed by atoms with van der Waals surface area (Å²) in [5, 5.41) is 3.12. The maximum Gasteiger partial charge on any atom is 0.252 e. The SMILES string of the molecule is CCCOc1ccccc1CCCNC(=O)c1cc(N(C)S(C)(=O)=O)ccc1Cl. The van der Waals surface area contributed by atoms with Crippen LogP contribution in [0.5, 0.6) is 5.75 Å². The number of ether oxygens (including phenoxy) is 1. The van der Waals surface area contributed by atoms with E-state index in [4.69, 9.17) is 16.3 Å². The molecule has 0 saturated carbocycles. The van der Waals surface area contributed by atoms with Gasteiger partial charge in [-0.25, -0.2) is 8.42 Å². The first-order valence-electron chi connectivity index (χ1n) is 9.46. The molecule has 29 heavy (non-hydrogen) atoms. The summed E-state index contributed by atoms with van der Waals surface area (Å²) < 4.78 is 30.3. The van der Waals surface area contributed by atoms with Crippen molar-refractivity contribution in [3.05, 3.63) is 58.6 Å². The molecule has 8 heteroatoms. The van der Waals surface area contributed by atoms with E-state index in [0.717, 1.165) is 41.1 Å². The number of rotatable bonds is 10. The van der Waals surface area contributed by atoms with E-state index in [1.807, 2.05) is 24.3 Å². The highest BCUT2D eigenvalue weighted by atomic mass is 35.5. The molecule has 0 bridgehead atoms. The number of para-hydroxylation sites is 1. The third-order valence-electron chi connectivity index (χ3n) is 4.40. The Morgan fingerprint density at radius 1 is 1.21 bits per heavy atom. The number of benzene rings is 2. The summed E-state index contributed by atoms with van der Waals surface area (Å²) in [7, 11) is -2.00. The summed E-state index contributed by atoms with van der Waals surface area (Å²) in [5.41, 5.74) is 1.72. The normalized spacial score (nSPS) is 11.2. The largest absolute Gasteiger partial charge is 0.493 e. The first-order chi connectivity index (χ1) is 13.7. The van der Waals surface area contributed by atoms with Gasteiger partial charge in [0.15, 0.2) is 0 Å². The lowest BCUT2D eigenvalue weighted by molar-refractivity contribution is 0.0953. The van der Waals surface area contributed by atoms with Crippen LogP contribution in [0.1, 0.15) is 35.7 Å². The van der Waals surface area contributed by atoms with Crippen LogP contribution < -0.4 is 14.4 Å². The van der Waals surface area contributed by atoms with Crippen molar-refractivity contribution >= 4 is 33.2 Å². The lowest BCUT2D eigenvalue weighted by Gasteiger charge is -2.18. The van der Waals surface area contributed by atoms with Gasteiger partial charge < -0.3 is 10.1 Å². The van der Waals surface area contributed by atoms with Crippen LogP contribution in [0.3, 0.4) is 0 Å². The van der Waals surface area contributed by atoms with Crippen molar-refractivity contribution in [2.75, 3.05) is 30.8 Å². The van der Waals surface area contributed by atoms with Crippen LogP contribution >= 0.6 is 11.6 Å². The molecule has 0 fully saturated rings. The second kappa shape index (κ2) is 10.5. The Kier molecular flexibility index (Phi) is 8.34. The van der Waals surface area contributed by atoms with Gasteiger partial charge in [0.05, 0.1) is 29.1 Å². The highest BCUT2D eigenvalue weighted by Gasteiger charge is 2.16. The fourth-order valence-electron chi connectivity index (χ4n) is 2.71. The van der Waals surface area contributed by atoms with E-state index in [0.29, 0.717) is 18.8 Å². The molecule has 2 aromatic rings. The lowest BCUT2D eigenvalue weighted by atomic mass is 10.1. The van der Waals surface area contributed by atoms with Gasteiger partial charge in [0.1, 0.15) is 5.75 Å². The maximum absolute atomic E-state index is 12.5. The number of carbonyl (C=O) groups excluding carboxylic acids is 1. The molecule has 0 atom stereocenters. The summed E-state index contributed by atoms with van der Waals surface area (Å²) in [5.74, 6) is 0.537. The number of anilines is 1. The van der Waals surface area contributed by atoms with Gasteiger partial charge in [0.2, 0.25) is 10.0 Å². The molecule has 0 saturated heterocycles. The molecule has 158 valence electrons. The molecule has 0 unspecified atom stereocenters. The molecular weight excluding hydrogens is 412 g/mol. The first-order valence-corrected chi connectivity index (χ1v) is 11.7. The van der Waals surface area contributed by atoms with Crippen molar-refractivity contribution in [3.8, 4) is 5.75 Å². The van der Waals surface area contributed by atoms with Gasteiger partial charge in [-0.15, -0.1) is 0 Å². The van der Waals surface area contributed by atoms with Gasteiger partial charge in [0.25, 0.3) is 5.91 Å². The average Bonchev–Trinajstić information content (AvgIpc) is 2.69. The average molecular weight is 439 g/mol. The Labute approximate surface area is 177 Å². The molecule has 0 aliphatic heterocycles. The quantitative estimate of drug-likeness (QED) is 0.571. The highest BCUT2D eigenvalue weighted by molar-refractivity contribution is 7.92. The summed E-state index contributed by atoms with van der Waals surface area (Å²) in [4.78, 5) is 12.5. The number of aryl methyl sites for hydroxylation is 1. The molecule has 6 nitrogen and oxygen atoms in total. The van der Waals surface area contributed by atoms with E-state index in [9.17, 15) is 13.2 Å². The standard InChI is InChI=1S/C21H27ClN2O4S/c1-4-14-28-20-10-6-5-8-16(20)9-7-13-23-21(25)18-15-17(11-12-19(18)22)24(2)29(3,26)27/h5-6,8,10-12,15H,4,7,9,13-14H2,1-3H3,(H,23,25). The van der Waals surface area contributed by atoms with E-state index in [1.165, 1.54) is 19.2 Å². The van der Waals surface area contributed by atoms with Crippen LogP contribution in [0.15, 0.2) is 42.5 Å². The third-order valence-corrected chi connectivity index (χ3v) is 5.93. The molecule has 2 rings (SSSR count). The monoisotopic (exact) mass is 438 g/mol. The fraction of sp³-hybridized carbons (Fsp3) is 0.381. The summed E-state index contributed by atoms with van der Waals surface area (Å²) in [6, 6.07) is 12.4. The van der Waals surface area contributed by atoms with Crippen molar-refractivity contribution in [2.45, 2.75) is 26.2 Å². The second-order valence-corrected chi connectivity index (χ2v) is 9.13. The number of nitrogens with zero attached hydrogens (tertiary/aromatic N) is 1. The topological polar surface area (TPSA) is 75.7 Å². The van der Waals surface area contributed by atoms with E-state index in [-0.39, 0.29) is 16.5 Å². The summed E-state index contributed by atoms with van der Waals surface area (Å²) in [6.45, 7) is 3.19. The third kappa shape index (κ3) is 6.65. The number of halogens is 1. The van der Waals surface area contributed by atoms with E-state index in [1.54, 1.807) is 6.07 Å². The fourth-order valence-corrected chi connectivity index (χ4v) is 3.41. The van der Waals surface area contributed by atoms with Crippen LogP contribution in [-0.4, -0.2) is 40.8 Å². The smallest absolute Gasteiger partial charge is 0.252 e. The van der Waals surface area contributed by atoms with E-state index >= 15 is 0 Å². The minimum absolute atomic E-state index is 0.242. The van der Waals surface area contributed by atoms with E-state index < -0.39 is 10.0 Å². The number of hydrogen-bond acceptors (Lipinski definition) is 4. The van der Waals surface area contributed by atoms with Crippen LogP contribution in [0.2, 0.25) is 5.02 Å². The van der Waals surface area contributed by atoms with Crippen molar-refractivity contribution < 1.29 is 17.9 Å². The molecule has 0 aliphatic rings. The minimum atomic E-state index is -3.43. The molecule has 1 amide bonds. The van der Waals surface area contributed by atoms with Crippen LogP contribution in [0, 0.1) is 0 Å². The van der Waals surface area contributed by atoms with Crippen molar-refractivity contribution in [2.24, 2.45) is 0 Å². The Bertz CT molecular complexity index is 947. The van der Waals surface area contributed by atoms with Crippen LogP contribution in [0.25, 0.3) is 0 Å². The molecular formula is C21H27ClN2O4S. The predicted octanol–water partition coefficient (Wildman–Crippen LogP) is 3.89. The van der Waals surface area contributed by atoms with Crippen LogP contribution in [0.4, 0.5) is 5.69 Å². The number of carbonyl (C=O) groups is 1. The van der Waals surface area contributed by atoms with Gasteiger partial charge >= 0.3 is 0 Å². The summed E-state index contributed by atoms with van der Waals surface area (Å²) in [6.07, 6.45) is 3.55. The van der Waals surface area contributed by atoms with Crippen molar-refractivity contribution in [3.63, 3.8) is 0 Å². The number of nitrogens with one attached hydrogen (secondary N) is 1. The number of amides is 1. The van der Waals surface area contributed by atoms with Crippen LogP contribution in [-0.2, 0) is 16.4 Å². The molecule has 2 aromatic carbocycles. The molecule has 0 aliphatic carbocycles. The van der Waals surface area contributed by atoms with Crippen molar-refractivity contribution in [1.82, 2.24) is 5.32 Å². The molecule has 0 spiro atoms. The van der Waals surface area contributed by atoms with Gasteiger partial charge in [-0.05, 0) is 49.1 Å². The first kappa shape index (κ1) is 23.0. The zero-order chi connectivity index (χ0) is 21.4. The summed E-state index contributed by atoms with van der Waals surface area (Å²) >= 11 is 6.14. The van der Waals surface area contributed by atoms with Gasteiger partial charge in [-0.3, -0.25) is 9.10 Å². The number of hydrogen-bond donors (Lipinski definition) is 1. The molecule has 1 N–H and O–H groups in total. The highest BCUT2D eigenvalue weighted by Crippen LogP contribution is 2.24. The zero-order valence-electron chi connectivity index (χ0n) is 16.9. The Hall–Kier alpha value is -2.25. The molecule has 0 aromatic heterocycles. The molecule has 0 heterocycles. The second-order valence-electron chi connectivity index (χ2n) is 6.71.